The van der Waals surface area contributed by atoms with Crippen LogP contribution < -0.4 is 10.2 Å². The number of nitrogens with zero attached hydrogens (tertiary/aromatic N) is 5. The van der Waals surface area contributed by atoms with Gasteiger partial charge in [0.15, 0.2) is 0 Å². The Hall–Kier alpha value is -2.45. The Kier molecular flexibility index (Phi) is 5.76. The summed E-state index contributed by atoms with van der Waals surface area (Å²) in [5, 5.41) is 15.4. The average Bonchev–Trinajstić information content (AvgIpc) is 2.64. The van der Waals surface area contributed by atoms with Gasteiger partial charge in [0.25, 0.3) is 0 Å². The predicted molar refractivity (Wildman–Crippen MR) is 107 cm³/mol. The van der Waals surface area contributed by atoms with Gasteiger partial charge in [0.1, 0.15) is 6.33 Å². The van der Waals surface area contributed by atoms with Crippen LogP contribution >= 0.6 is 11.6 Å². The molecule has 27 heavy (non-hydrogen) atoms. The minimum atomic E-state index is -0.428. The van der Waals surface area contributed by atoms with Gasteiger partial charge in [-0.15, -0.1) is 0 Å². The lowest BCUT2D eigenvalue weighted by Gasteiger charge is -2.35. The van der Waals surface area contributed by atoms with Gasteiger partial charge in [0.05, 0.1) is 4.92 Å². The van der Waals surface area contributed by atoms with E-state index < -0.39 is 4.92 Å². The fourth-order valence-corrected chi connectivity index (χ4v) is 3.47. The van der Waals surface area contributed by atoms with Crippen LogP contribution in [0, 0.1) is 17.0 Å². The van der Waals surface area contributed by atoms with Crippen LogP contribution in [0.3, 0.4) is 0 Å². The highest BCUT2D eigenvalue weighted by Gasteiger charge is 2.30. The van der Waals surface area contributed by atoms with Crippen molar-refractivity contribution in [2.75, 3.05) is 37.4 Å². The number of aromatic nitrogens is 2. The lowest BCUT2D eigenvalue weighted by atomic mass is 10.0. The molecule has 9 heteroatoms. The first-order valence-electron chi connectivity index (χ1n) is 8.80. The molecule has 1 aromatic carbocycles. The Morgan fingerprint density at radius 2 is 2.04 bits per heavy atom. The fraction of sp³-hybridized carbons (Fsp3) is 0.444. The maximum atomic E-state index is 11.8. The second kappa shape index (κ2) is 8.06. The summed E-state index contributed by atoms with van der Waals surface area (Å²) in [5.74, 6) is 0.488. The number of anilines is 3. The molecule has 1 fully saturated rings. The van der Waals surface area contributed by atoms with Crippen molar-refractivity contribution in [1.82, 2.24) is 14.9 Å². The topological polar surface area (TPSA) is 87.4 Å². The molecule has 0 atom stereocenters. The summed E-state index contributed by atoms with van der Waals surface area (Å²) in [4.78, 5) is 23.9. The zero-order valence-electron chi connectivity index (χ0n) is 15.6. The van der Waals surface area contributed by atoms with Gasteiger partial charge >= 0.3 is 5.69 Å². The highest BCUT2D eigenvalue weighted by atomic mass is 35.5. The largest absolute Gasteiger partial charge is 0.353 e. The Balaban J connectivity index is 1.95. The van der Waals surface area contributed by atoms with E-state index in [0.29, 0.717) is 16.5 Å². The molecule has 1 N–H and O–H groups in total. The van der Waals surface area contributed by atoms with E-state index in [-0.39, 0.29) is 17.5 Å². The summed E-state index contributed by atoms with van der Waals surface area (Å²) >= 11 is 6.06. The number of rotatable bonds is 5. The maximum Gasteiger partial charge on any atom is 0.353 e. The van der Waals surface area contributed by atoms with E-state index in [1.54, 1.807) is 12.1 Å². The first kappa shape index (κ1) is 19.3. The number of hydrogen-bond donors (Lipinski definition) is 1. The van der Waals surface area contributed by atoms with E-state index in [4.69, 9.17) is 11.6 Å². The molecule has 144 valence electrons. The van der Waals surface area contributed by atoms with Crippen molar-refractivity contribution in [1.29, 1.82) is 0 Å². The molecule has 1 aliphatic rings. The van der Waals surface area contributed by atoms with Crippen molar-refractivity contribution in [2.45, 2.75) is 25.8 Å². The van der Waals surface area contributed by atoms with Crippen molar-refractivity contribution in [3.63, 3.8) is 0 Å². The zero-order valence-corrected chi connectivity index (χ0v) is 16.4. The predicted octanol–water partition coefficient (Wildman–Crippen LogP) is 3.62. The molecular weight excluding hydrogens is 368 g/mol. The first-order valence-corrected chi connectivity index (χ1v) is 9.18. The number of nitrogens with one attached hydrogen (secondary N) is 1. The van der Waals surface area contributed by atoms with Crippen molar-refractivity contribution in [2.24, 2.45) is 0 Å². The molecular formula is C18H23ClN6O2. The van der Waals surface area contributed by atoms with Gasteiger partial charge in [-0.1, -0.05) is 17.7 Å². The van der Waals surface area contributed by atoms with Gasteiger partial charge in [0, 0.05) is 23.8 Å². The molecule has 0 radical (unpaired) electrons. The van der Waals surface area contributed by atoms with Crippen LogP contribution in [0.5, 0.6) is 0 Å². The van der Waals surface area contributed by atoms with Crippen LogP contribution in [0.25, 0.3) is 0 Å². The Bertz CT molecular complexity index is 839. The number of halogens is 1. The van der Waals surface area contributed by atoms with Gasteiger partial charge in [-0.2, -0.15) is 0 Å². The molecule has 0 bridgehead atoms. The molecule has 8 nitrogen and oxygen atoms in total. The number of aryl methyl sites for hydroxylation is 1. The van der Waals surface area contributed by atoms with E-state index in [1.807, 2.05) is 24.9 Å². The number of hydrogen-bond acceptors (Lipinski definition) is 7. The quantitative estimate of drug-likeness (QED) is 0.616. The second-order valence-corrected chi connectivity index (χ2v) is 7.32. The highest BCUT2D eigenvalue weighted by Crippen LogP contribution is 2.36. The Labute approximate surface area is 163 Å². The maximum absolute atomic E-state index is 11.8. The molecule has 2 heterocycles. The summed E-state index contributed by atoms with van der Waals surface area (Å²) in [6.07, 6.45) is 3.23. The molecule has 0 amide bonds. The smallest absolute Gasteiger partial charge is 0.351 e. The van der Waals surface area contributed by atoms with Gasteiger partial charge in [-0.25, -0.2) is 9.97 Å². The third kappa shape index (κ3) is 4.28. The number of likely N-dealkylation sites (tertiary alicyclic amines) is 1. The van der Waals surface area contributed by atoms with Crippen LogP contribution in [0.15, 0.2) is 24.5 Å². The van der Waals surface area contributed by atoms with Crippen LogP contribution in [-0.2, 0) is 0 Å². The molecule has 0 saturated carbocycles. The minimum Gasteiger partial charge on any atom is -0.351 e. The zero-order chi connectivity index (χ0) is 19.6. The van der Waals surface area contributed by atoms with E-state index >= 15 is 0 Å². The second-order valence-electron chi connectivity index (χ2n) is 6.88. The molecule has 1 aromatic heterocycles. The molecule has 3 rings (SSSR count). The van der Waals surface area contributed by atoms with Gasteiger partial charge in [-0.05, 0) is 57.6 Å². The van der Waals surface area contributed by atoms with E-state index in [1.165, 1.54) is 6.33 Å². The van der Waals surface area contributed by atoms with Gasteiger partial charge in [-0.3, -0.25) is 10.1 Å². The molecule has 2 aromatic rings. The van der Waals surface area contributed by atoms with E-state index in [2.05, 4.69) is 27.2 Å². The lowest BCUT2D eigenvalue weighted by Crippen LogP contribution is -2.42. The van der Waals surface area contributed by atoms with Crippen LogP contribution in [-0.4, -0.2) is 53.0 Å². The lowest BCUT2D eigenvalue weighted by molar-refractivity contribution is -0.383. The third-order valence-electron chi connectivity index (χ3n) is 5.01. The average molecular weight is 391 g/mol. The molecule has 0 unspecified atom stereocenters. The Morgan fingerprint density at radius 3 is 2.70 bits per heavy atom. The summed E-state index contributed by atoms with van der Waals surface area (Å²) < 4.78 is 0. The summed E-state index contributed by atoms with van der Waals surface area (Å²) in [6, 6.07) is 5.55. The summed E-state index contributed by atoms with van der Waals surface area (Å²) in [5.41, 5.74) is 1.47. The monoisotopic (exact) mass is 390 g/mol. The molecule has 1 saturated heterocycles. The fourth-order valence-electron chi connectivity index (χ4n) is 3.30. The van der Waals surface area contributed by atoms with Crippen LogP contribution in [0.1, 0.15) is 18.4 Å². The Morgan fingerprint density at radius 1 is 1.33 bits per heavy atom. The first-order chi connectivity index (χ1) is 12.9. The highest BCUT2D eigenvalue weighted by molar-refractivity contribution is 6.30. The van der Waals surface area contributed by atoms with Crippen LogP contribution in [0.2, 0.25) is 5.02 Å². The van der Waals surface area contributed by atoms with E-state index in [9.17, 15) is 10.1 Å². The standard InChI is InChI=1S/C18H23ClN6O2/c1-12-4-5-13(19)10-15(12)22-17-16(25(26)27)18(21-11-20-17)24(3)14-6-8-23(2)9-7-14/h4-5,10-11,14H,6-9H2,1-3H3,(H,20,21,22). The van der Waals surface area contributed by atoms with Crippen molar-refractivity contribution in [3.05, 3.63) is 45.2 Å². The number of nitro groups is 1. The summed E-state index contributed by atoms with van der Waals surface area (Å²) in [6.45, 7) is 3.82. The van der Waals surface area contributed by atoms with Crippen LogP contribution in [0.4, 0.5) is 23.0 Å². The van der Waals surface area contributed by atoms with Gasteiger partial charge in [0.2, 0.25) is 11.6 Å². The van der Waals surface area contributed by atoms with Crippen molar-refractivity contribution >= 4 is 34.6 Å². The normalized spacial score (nSPS) is 15.6. The number of piperidine rings is 1. The van der Waals surface area contributed by atoms with Crippen molar-refractivity contribution in [3.8, 4) is 0 Å². The molecule has 1 aliphatic heterocycles. The van der Waals surface area contributed by atoms with Crippen molar-refractivity contribution < 1.29 is 4.92 Å². The number of benzene rings is 1. The SMILES string of the molecule is Cc1ccc(Cl)cc1Nc1ncnc(N(C)C2CCN(C)CC2)c1[N+](=O)[O-]. The third-order valence-corrected chi connectivity index (χ3v) is 5.24. The minimum absolute atomic E-state index is 0.127. The van der Waals surface area contributed by atoms with E-state index in [0.717, 1.165) is 31.5 Å². The molecule has 0 aliphatic carbocycles. The summed E-state index contributed by atoms with van der Waals surface area (Å²) in [7, 11) is 3.94. The van der Waals surface area contributed by atoms with Gasteiger partial charge < -0.3 is 15.1 Å². The molecule has 0 spiro atoms.